The topological polar surface area (TPSA) is 72.5 Å². The van der Waals surface area contributed by atoms with Gasteiger partial charge in [-0.25, -0.2) is 4.98 Å². The summed E-state index contributed by atoms with van der Waals surface area (Å²) in [6.07, 6.45) is 1.65. The maximum absolute atomic E-state index is 12.2. The number of hydrogen-bond donors (Lipinski definition) is 2. The number of anilines is 2. The van der Waals surface area contributed by atoms with Crippen molar-refractivity contribution in [2.24, 2.45) is 0 Å². The zero-order valence-corrected chi connectivity index (χ0v) is 15.9. The normalized spacial score (nSPS) is 10.2. The number of benzene rings is 2. The number of aryl methyl sites for hydroxylation is 1. The lowest BCUT2D eigenvalue weighted by molar-refractivity contribution is 0.0942. The molecule has 0 atom stereocenters. The van der Waals surface area contributed by atoms with E-state index in [1.807, 2.05) is 61.5 Å². The fraction of sp³-hybridized carbons (Fsp3) is 0.182. The Morgan fingerprint density at radius 3 is 2.43 bits per heavy atom. The molecule has 3 rings (SSSR count). The number of hydrogen-bond acceptors (Lipinski definition) is 5. The van der Waals surface area contributed by atoms with Crippen LogP contribution in [0.4, 0.5) is 11.4 Å². The van der Waals surface area contributed by atoms with Crippen molar-refractivity contribution in [1.29, 1.82) is 0 Å². The van der Waals surface area contributed by atoms with Gasteiger partial charge in [-0.15, -0.1) is 0 Å². The number of para-hydroxylation sites is 1. The Bertz CT molecular complexity index is 909. The van der Waals surface area contributed by atoms with Gasteiger partial charge in [0.1, 0.15) is 23.8 Å². The summed E-state index contributed by atoms with van der Waals surface area (Å²) in [6.45, 7) is 2.78. The summed E-state index contributed by atoms with van der Waals surface area (Å²) in [5, 5.41) is 6.09. The minimum absolute atomic E-state index is 0.235. The first-order valence-corrected chi connectivity index (χ1v) is 8.99. The number of carbonyl (C=O) groups is 1. The summed E-state index contributed by atoms with van der Waals surface area (Å²) in [5.41, 5.74) is 3.34. The molecule has 144 valence electrons. The van der Waals surface area contributed by atoms with E-state index in [2.05, 4.69) is 15.6 Å². The van der Waals surface area contributed by atoms with Crippen LogP contribution in [0.2, 0.25) is 0 Å². The largest absolute Gasteiger partial charge is 0.497 e. The van der Waals surface area contributed by atoms with Crippen molar-refractivity contribution in [3.63, 3.8) is 0 Å². The van der Waals surface area contributed by atoms with E-state index >= 15 is 0 Å². The zero-order valence-electron chi connectivity index (χ0n) is 15.9. The summed E-state index contributed by atoms with van der Waals surface area (Å²) in [7, 11) is 1.62. The average molecular weight is 377 g/mol. The molecular weight excluding hydrogens is 354 g/mol. The van der Waals surface area contributed by atoms with Gasteiger partial charge in [-0.05, 0) is 55.0 Å². The molecule has 0 saturated heterocycles. The SMILES string of the molecule is COc1ccc(OCCNC(=O)c2ccc(Nc3ccccc3C)cn2)cc1. The van der Waals surface area contributed by atoms with Crippen LogP contribution in [-0.4, -0.2) is 31.2 Å². The van der Waals surface area contributed by atoms with Gasteiger partial charge in [0.15, 0.2) is 0 Å². The van der Waals surface area contributed by atoms with E-state index in [4.69, 9.17) is 9.47 Å². The molecule has 0 unspecified atom stereocenters. The van der Waals surface area contributed by atoms with Crippen LogP contribution in [0, 0.1) is 6.92 Å². The average Bonchev–Trinajstić information content (AvgIpc) is 2.73. The van der Waals surface area contributed by atoms with E-state index in [1.165, 1.54) is 0 Å². The van der Waals surface area contributed by atoms with Crippen LogP contribution in [0.1, 0.15) is 16.1 Å². The van der Waals surface area contributed by atoms with Crippen LogP contribution < -0.4 is 20.1 Å². The lowest BCUT2D eigenvalue weighted by Gasteiger charge is -2.10. The van der Waals surface area contributed by atoms with Gasteiger partial charge in [-0.3, -0.25) is 4.79 Å². The minimum Gasteiger partial charge on any atom is -0.497 e. The number of nitrogens with zero attached hydrogens (tertiary/aromatic N) is 1. The molecule has 6 nitrogen and oxygen atoms in total. The number of ether oxygens (including phenoxy) is 2. The number of carbonyl (C=O) groups excluding carboxylic acids is 1. The maximum Gasteiger partial charge on any atom is 0.269 e. The van der Waals surface area contributed by atoms with Crippen LogP contribution in [0.5, 0.6) is 11.5 Å². The fourth-order valence-corrected chi connectivity index (χ4v) is 2.57. The monoisotopic (exact) mass is 377 g/mol. The Labute approximate surface area is 164 Å². The molecule has 1 aromatic heterocycles. The molecule has 1 heterocycles. The molecule has 2 aromatic carbocycles. The molecule has 3 aromatic rings. The van der Waals surface area contributed by atoms with Crippen molar-refractivity contribution in [2.45, 2.75) is 6.92 Å². The van der Waals surface area contributed by atoms with E-state index in [-0.39, 0.29) is 5.91 Å². The second-order valence-corrected chi connectivity index (χ2v) is 6.15. The van der Waals surface area contributed by atoms with E-state index < -0.39 is 0 Å². The number of nitrogens with one attached hydrogen (secondary N) is 2. The molecule has 1 amide bonds. The van der Waals surface area contributed by atoms with Gasteiger partial charge in [0, 0.05) is 5.69 Å². The standard InChI is InChI=1S/C22H23N3O3/c1-16-5-3-4-6-20(16)25-17-7-12-21(24-15-17)22(26)23-13-14-28-19-10-8-18(27-2)9-11-19/h3-12,15,25H,13-14H2,1-2H3,(H,23,26). The Hall–Kier alpha value is -3.54. The molecule has 0 radical (unpaired) electrons. The first-order chi connectivity index (χ1) is 13.7. The summed E-state index contributed by atoms with van der Waals surface area (Å²) in [5.74, 6) is 1.26. The second-order valence-electron chi connectivity index (χ2n) is 6.15. The lowest BCUT2D eigenvalue weighted by Crippen LogP contribution is -2.28. The Balaban J connectivity index is 1.45. The maximum atomic E-state index is 12.2. The van der Waals surface area contributed by atoms with Gasteiger partial charge >= 0.3 is 0 Å². The number of aromatic nitrogens is 1. The van der Waals surface area contributed by atoms with Crippen LogP contribution in [0.3, 0.4) is 0 Å². The smallest absolute Gasteiger partial charge is 0.269 e. The third kappa shape index (κ3) is 5.23. The fourth-order valence-electron chi connectivity index (χ4n) is 2.57. The van der Waals surface area contributed by atoms with E-state index in [9.17, 15) is 4.79 Å². The van der Waals surface area contributed by atoms with E-state index in [1.54, 1.807) is 19.4 Å². The Morgan fingerprint density at radius 2 is 1.75 bits per heavy atom. The van der Waals surface area contributed by atoms with Crippen LogP contribution in [0.25, 0.3) is 0 Å². The van der Waals surface area contributed by atoms with Gasteiger partial charge in [-0.1, -0.05) is 18.2 Å². The predicted octanol–water partition coefficient (Wildman–Crippen LogP) is 3.95. The van der Waals surface area contributed by atoms with Crippen molar-refractivity contribution in [3.05, 3.63) is 78.1 Å². The highest BCUT2D eigenvalue weighted by atomic mass is 16.5. The second kappa shape index (κ2) is 9.41. The number of amides is 1. The third-order valence-corrected chi connectivity index (χ3v) is 4.14. The van der Waals surface area contributed by atoms with Gasteiger partial charge in [-0.2, -0.15) is 0 Å². The van der Waals surface area contributed by atoms with Crippen molar-refractivity contribution >= 4 is 17.3 Å². The van der Waals surface area contributed by atoms with Gasteiger partial charge in [0.2, 0.25) is 0 Å². The summed E-state index contributed by atoms with van der Waals surface area (Å²) in [4.78, 5) is 16.4. The highest BCUT2D eigenvalue weighted by Gasteiger charge is 2.07. The van der Waals surface area contributed by atoms with Crippen LogP contribution in [-0.2, 0) is 0 Å². The molecular formula is C22H23N3O3. The predicted molar refractivity (Wildman–Crippen MR) is 110 cm³/mol. The van der Waals surface area contributed by atoms with Crippen LogP contribution >= 0.6 is 0 Å². The van der Waals surface area contributed by atoms with Gasteiger partial charge < -0.3 is 20.1 Å². The number of rotatable bonds is 8. The van der Waals surface area contributed by atoms with Crippen molar-refractivity contribution < 1.29 is 14.3 Å². The highest BCUT2D eigenvalue weighted by molar-refractivity contribution is 5.92. The summed E-state index contributed by atoms with van der Waals surface area (Å²) < 4.78 is 10.7. The van der Waals surface area contributed by atoms with E-state index in [0.29, 0.717) is 18.8 Å². The lowest BCUT2D eigenvalue weighted by atomic mass is 10.2. The van der Waals surface area contributed by atoms with Crippen molar-refractivity contribution in [2.75, 3.05) is 25.6 Å². The molecule has 0 spiro atoms. The van der Waals surface area contributed by atoms with E-state index in [0.717, 1.165) is 28.4 Å². The van der Waals surface area contributed by atoms with Gasteiger partial charge in [0.05, 0.1) is 25.5 Å². The molecule has 0 saturated carbocycles. The molecule has 28 heavy (non-hydrogen) atoms. The van der Waals surface area contributed by atoms with Crippen LogP contribution in [0.15, 0.2) is 66.9 Å². The quantitative estimate of drug-likeness (QED) is 0.582. The molecule has 2 N–H and O–H groups in total. The number of pyridine rings is 1. The highest BCUT2D eigenvalue weighted by Crippen LogP contribution is 2.19. The summed E-state index contributed by atoms with van der Waals surface area (Å²) in [6, 6.07) is 18.8. The molecule has 0 aliphatic heterocycles. The molecule has 0 aliphatic carbocycles. The third-order valence-electron chi connectivity index (χ3n) is 4.14. The molecule has 0 aliphatic rings. The van der Waals surface area contributed by atoms with Gasteiger partial charge in [0.25, 0.3) is 5.91 Å². The molecule has 0 bridgehead atoms. The molecule has 0 fully saturated rings. The first-order valence-electron chi connectivity index (χ1n) is 8.99. The van der Waals surface area contributed by atoms with Crippen molar-refractivity contribution in [1.82, 2.24) is 10.3 Å². The number of methoxy groups -OCH3 is 1. The zero-order chi connectivity index (χ0) is 19.8. The molecule has 6 heteroatoms. The summed E-state index contributed by atoms with van der Waals surface area (Å²) >= 11 is 0. The first kappa shape index (κ1) is 19.2. The van der Waals surface area contributed by atoms with Crippen molar-refractivity contribution in [3.8, 4) is 11.5 Å². The minimum atomic E-state index is -0.235. The Morgan fingerprint density at radius 1 is 1.00 bits per heavy atom. The Kier molecular flexibility index (Phi) is 6.46.